The lowest BCUT2D eigenvalue weighted by atomic mass is 10.2. The van der Waals surface area contributed by atoms with Crippen LogP contribution in [-0.4, -0.2) is 15.9 Å². The molecule has 0 fully saturated rings. The van der Waals surface area contributed by atoms with Gasteiger partial charge in [0.2, 0.25) is 0 Å². The number of benzene rings is 1. The molecular weight excluding hydrogens is 257 g/mol. The lowest BCUT2D eigenvalue weighted by Crippen LogP contribution is -2.23. The van der Waals surface area contributed by atoms with Gasteiger partial charge >= 0.3 is 0 Å². The Hall–Kier alpha value is -2.01. The average Bonchev–Trinajstić information content (AvgIpc) is 2.37. The Morgan fingerprint density at radius 1 is 1.33 bits per heavy atom. The normalized spacial score (nSPS) is 10.1. The van der Waals surface area contributed by atoms with E-state index in [0.717, 1.165) is 0 Å². The van der Waals surface area contributed by atoms with Crippen LogP contribution in [0.2, 0.25) is 5.15 Å². The third kappa shape index (κ3) is 3.24. The highest BCUT2D eigenvalue weighted by Gasteiger charge is 2.07. The van der Waals surface area contributed by atoms with E-state index >= 15 is 0 Å². The highest BCUT2D eigenvalue weighted by Crippen LogP contribution is 2.04. The molecule has 0 spiro atoms. The smallest absolute Gasteiger partial charge is 0.271 e. The Morgan fingerprint density at radius 3 is 2.83 bits per heavy atom. The van der Waals surface area contributed by atoms with Crippen molar-refractivity contribution in [2.24, 2.45) is 0 Å². The predicted octanol–water partition coefficient (Wildman–Crippen LogP) is 2.20. The summed E-state index contributed by atoms with van der Waals surface area (Å²) in [6.07, 6.45) is 2.57. The molecular formula is C12H9ClFN3O. The summed E-state index contributed by atoms with van der Waals surface area (Å²) in [7, 11) is 0. The number of hydrogen-bond donors (Lipinski definition) is 1. The summed E-state index contributed by atoms with van der Waals surface area (Å²) >= 11 is 5.56. The Morgan fingerprint density at radius 2 is 2.17 bits per heavy atom. The van der Waals surface area contributed by atoms with E-state index in [2.05, 4.69) is 15.3 Å². The predicted molar refractivity (Wildman–Crippen MR) is 64.6 cm³/mol. The fourth-order valence-corrected chi connectivity index (χ4v) is 1.45. The Kier molecular flexibility index (Phi) is 3.84. The lowest BCUT2D eigenvalue weighted by molar-refractivity contribution is 0.0945. The van der Waals surface area contributed by atoms with E-state index in [-0.39, 0.29) is 29.1 Å². The molecule has 0 saturated heterocycles. The van der Waals surface area contributed by atoms with E-state index in [0.29, 0.717) is 5.56 Å². The second-order valence-electron chi connectivity index (χ2n) is 3.54. The summed E-state index contributed by atoms with van der Waals surface area (Å²) in [5.41, 5.74) is 0.834. The topological polar surface area (TPSA) is 54.9 Å². The monoisotopic (exact) mass is 265 g/mol. The zero-order valence-corrected chi connectivity index (χ0v) is 9.99. The summed E-state index contributed by atoms with van der Waals surface area (Å²) in [5, 5.41) is 2.83. The maximum Gasteiger partial charge on any atom is 0.271 e. The standard InChI is InChI=1S/C12H9ClFN3O/c13-11-7-15-10(6-16-11)12(18)17-5-8-2-1-3-9(14)4-8/h1-4,6-7H,5H2,(H,17,18). The number of carbonyl (C=O) groups is 1. The summed E-state index contributed by atoms with van der Waals surface area (Å²) < 4.78 is 12.9. The number of aromatic nitrogens is 2. The molecule has 1 aromatic heterocycles. The molecule has 2 rings (SSSR count). The minimum atomic E-state index is -0.386. The van der Waals surface area contributed by atoms with Gasteiger partial charge in [-0.15, -0.1) is 0 Å². The summed E-state index contributed by atoms with van der Waals surface area (Å²) in [4.78, 5) is 19.2. The van der Waals surface area contributed by atoms with Crippen molar-refractivity contribution in [2.75, 3.05) is 0 Å². The molecule has 0 radical (unpaired) electrons. The zero-order valence-electron chi connectivity index (χ0n) is 9.23. The largest absolute Gasteiger partial charge is 0.347 e. The van der Waals surface area contributed by atoms with E-state index in [1.165, 1.54) is 24.5 Å². The van der Waals surface area contributed by atoms with Gasteiger partial charge in [0.1, 0.15) is 16.7 Å². The summed E-state index contributed by atoms with van der Waals surface area (Å²) in [5.74, 6) is -0.725. The molecule has 0 aliphatic rings. The van der Waals surface area contributed by atoms with Crippen molar-refractivity contribution in [2.45, 2.75) is 6.54 Å². The van der Waals surface area contributed by atoms with Crippen molar-refractivity contribution >= 4 is 17.5 Å². The molecule has 4 nitrogen and oxygen atoms in total. The van der Waals surface area contributed by atoms with Gasteiger partial charge < -0.3 is 5.32 Å². The van der Waals surface area contributed by atoms with Crippen molar-refractivity contribution in [3.05, 3.63) is 58.9 Å². The molecule has 0 aliphatic carbocycles. The van der Waals surface area contributed by atoms with Gasteiger partial charge in [-0.3, -0.25) is 4.79 Å². The van der Waals surface area contributed by atoms with Gasteiger partial charge in [0.15, 0.2) is 0 Å². The third-order valence-electron chi connectivity index (χ3n) is 2.20. The second-order valence-corrected chi connectivity index (χ2v) is 3.92. The lowest BCUT2D eigenvalue weighted by Gasteiger charge is -2.04. The van der Waals surface area contributed by atoms with Crippen LogP contribution in [0.4, 0.5) is 4.39 Å². The maximum atomic E-state index is 12.9. The van der Waals surface area contributed by atoms with E-state index in [9.17, 15) is 9.18 Å². The highest BCUT2D eigenvalue weighted by molar-refractivity contribution is 6.29. The number of nitrogens with one attached hydrogen (secondary N) is 1. The molecule has 2 aromatic rings. The van der Waals surface area contributed by atoms with Crippen molar-refractivity contribution in [1.29, 1.82) is 0 Å². The number of carbonyl (C=O) groups excluding carboxylic acids is 1. The first kappa shape index (κ1) is 12.4. The second kappa shape index (κ2) is 5.55. The summed E-state index contributed by atoms with van der Waals surface area (Å²) in [6, 6.07) is 6.00. The molecule has 0 aliphatic heterocycles. The molecule has 18 heavy (non-hydrogen) atoms. The number of nitrogens with zero attached hydrogens (tertiary/aromatic N) is 2. The van der Waals surface area contributed by atoms with E-state index in [1.807, 2.05) is 0 Å². The molecule has 1 amide bonds. The first-order valence-corrected chi connectivity index (χ1v) is 5.53. The van der Waals surface area contributed by atoms with Crippen molar-refractivity contribution < 1.29 is 9.18 Å². The number of halogens is 2. The molecule has 92 valence electrons. The molecule has 6 heteroatoms. The minimum Gasteiger partial charge on any atom is -0.347 e. The molecule has 1 aromatic carbocycles. The van der Waals surface area contributed by atoms with Gasteiger partial charge in [0.05, 0.1) is 12.4 Å². The van der Waals surface area contributed by atoms with E-state index in [4.69, 9.17) is 11.6 Å². The molecule has 0 unspecified atom stereocenters. The Balaban J connectivity index is 1.98. The Bertz CT molecular complexity index is 560. The third-order valence-corrected chi connectivity index (χ3v) is 2.39. The zero-order chi connectivity index (χ0) is 13.0. The minimum absolute atomic E-state index is 0.163. The van der Waals surface area contributed by atoms with Crippen LogP contribution in [0, 0.1) is 5.82 Å². The van der Waals surface area contributed by atoms with E-state index in [1.54, 1.807) is 12.1 Å². The van der Waals surface area contributed by atoms with Gasteiger partial charge in [-0.2, -0.15) is 0 Å². The number of hydrogen-bond acceptors (Lipinski definition) is 3. The van der Waals surface area contributed by atoms with Gasteiger partial charge in [0, 0.05) is 6.54 Å². The van der Waals surface area contributed by atoms with Crippen molar-refractivity contribution in [3.8, 4) is 0 Å². The van der Waals surface area contributed by atoms with Crippen LogP contribution in [0.3, 0.4) is 0 Å². The Labute approximate surface area is 108 Å². The van der Waals surface area contributed by atoms with Crippen LogP contribution in [0.15, 0.2) is 36.7 Å². The fraction of sp³-hybridized carbons (Fsp3) is 0.0833. The van der Waals surface area contributed by atoms with Crippen molar-refractivity contribution in [3.63, 3.8) is 0 Å². The van der Waals surface area contributed by atoms with Crippen molar-refractivity contribution in [1.82, 2.24) is 15.3 Å². The van der Waals surface area contributed by atoms with Crippen LogP contribution >= 0.6 is 11.6 Å². The van der Waals surface area contributed by atoms with Gasteiger partial charge in [-0.05, 0) is 17.7 Å². The molecule has 1 heterocycles. The highest BCUT2D eigenvalue weighted by atomic mass is 35.5. The van der Waals surface area contributed by atoms with Gasteiger partial charge in [-0.25, -0.2) is 14.4 Å². The summed E-state index contributed by atoms with van der Waals surface area (Å²) in [6.45, 7) is 0.223. The first-order valence-electron chi connectivity index (χ1n) is 5.15. The van der Waals surface area contributed by atoms with Crippen LogP contribution in [0.1, 0.15) is 16.1 Å². The maximum absolute atomic E-state index is 12.9. The van der Waals surface area contributed by atoms with Crippen LogP contribution < -0.4 is 5.32 Å². The molecule has 0 bridgehead atoms. The molecule has 0 saturated carbocycles. The molecule has 1 N–H and O–H groups in total. The van der Waals surface area contributed by atoms with Crippen LogP contribution in [0.5, 0.6) is 0 Å². The van der Waals surface area contributed by atoms with Crippen LogP contribution in [0.25, 0.3) is 0 Å². The molecule has 0 atom stereocenters. The quantitative estimate of drug-likeness (QED) is 0.926. The van der Waals surface area contributed by atoms with Gasteiger partial charge in [-0.1, -0.05) is 23.7 Å². The number of amides is 1. The average molecular weight is 266 g/mol. The van der Waals surface area contributed by atoms with E-state index < -0.39 is 0 Å². The fourth-order valence-electron chi connectivity index (χ4n) is 1.35. The first-order chi connectivity index (χ1) is 8.65. The number of rotatable bonds is 3. The SMILES string of the molecule is O=C(NCc1cccc(F)c1)c1cnc(Cl)cn1. The van der Waals surface area contributed by atoms with Gasteiger partial charge in [0.25, 0.3) is 5.91 Å². The van der Waals surface area contributed by atoms with Crippen LogP contribution in [-0.2, 0) is 6.54 Å².